The highest BCUT2D eigenvalue weighted by atomic mass is 32.2. The predicted molar refractivity (Wildman–Crippen MR) is 95.9 cm³/mol. The smallest absolute Gasteiger partial charge is 0.338 e. The van der Waals surface area contributed by atoms with Gasteiger partial charge in [0.1, 0.15) is 12.4 Å². The summed E-state index contributed by atoms with van der Waals surface area (Å²) in [5, 5.41) is 1.30. The number of carbonyl (C=O) groups excluding carboxylic acids is 1. The number of methoxy groups -OCH3 is 1. The van der Waals surface area contributed by atoms with Crippen LogP contribution in [-0.2, 0) is 21.5 Å². The molecule has 3 aromatic rings. The number of fused-ring (bicyclic) bond motifs is 1. The molecular formula is C19H16O6S. The third-order valence-corrected chi connectivity index (χ3v) is 4.77. The highest BCUT2D eigenvalue weighted by molar-refractivity contribution is 7.85. The van der Waals surface area contributed by atoms with E-state index in [1.165, 1.54) is 19.2 Å². The molecule has 0 heterocycles. The van der Waals surface area contributed by atoms with E-state index >= 15 is 0 Å². The van der Waals surface area contributed by atoms with Gasteiger partial charge in [0.05, 0.1) is 17.6 Å². The third-order valence-electron chi connectivity index (χ3n) is 3.92. The lowest BCUT2D eigenvalue weighted by Crippen LogP contribution is -2.08. The van der Waals surface area contributed by atoms with Crippen molar-refractivity contribution in [3.63, 3.8) is 0 Å². The van der Waals surface area contributed by atoms with Crippen molar-refractivity contribution in [2.75, 3.05) is 7.11 Å². The Bertz CT molecular complexity index is 1070. The number of ether oxygens (including phenoxy) is 2. The first kappa shape index (κ1) is 17.9. The molecule has 3 rings (SSSR count). The van der Waals surface area contributed by atoms with Gasteiger partial charge in [-0.15, -0.1) is 0 Å². The summed E-state index contributed by atoms with van der Waals surface area (Å²) in [7, 11) is -3.01. The van der Waals surface area contributed by atoms with E-state index in [1.54, 1.807) is 48.5 Å². The summed E-state index contributed by atoms with van der Waals surface area (Å²) in [6, 6.07) is 16.4. The van der Waals surface area contributed by atoms with Crippen LogP contribution in [0, 0.1) is 0 Å². The van der Waals surface area contributed by atoms with Gasteiger partial charge in [-0.1, -0.05) is 36.4 Å². The van der Waals surface area contributed by atoms with Gasteiger partial charge in [0, 0.05) is 10.9 Å². The van der Waals surface area contributed by atoms with Crippen molar-refractivity contribution in [2.45, 2.75) is 11.5 Å². The highest BCUT2D eigenvalue weighted by Gasteiger charge is 2.14. The van der Waals surface area contributed by atoms with Crippen LogP contribution in [0.25, 0.3) is 10.8 Å². The van der Waals surface area contributed by atoms with Crippen molar-refractivity contribution in [1.29, 1.82) is 0 Å². The molecular weight excluding hydrogens is 356 g/mol. The molecule has 3 aromatic carbocycles. The molecule has 0 bridgehead atoms. The van der Waals surface area contributed by atoms with E-state index in [0.29, 0.717) is 22.3 Å². The molecule has 0 fully saturated rings. The van der Waals surface area contributed by atoms with Gasteiger partial charge in [0.25, 0.3) is 10.1 Å². The number of carbonyl (C=O) groups is 1. The molecule has 0 saturated carbocycles. The Morgan fingerprint density at radius 3 is 2.54 bits per heavy atom. The first-order valence-corrected chi connectivity index (χ1v) is 9.13. The summed E-state index contributed by atoms with van der Waals surface area (Å²) in [6.45, 7) is 0.0977. The normalized spacial score (nSPS) is 11.3. The van der Waals surface area contributed by atoms with Gasteiger partial charge in [-0.05, 0) is 29.7 Å². The lowest BCUT2D eigenvalue weighted by atomic mass is 10.1. The summed E-state index contributed by atoms with van der Waals surface area (Å²) in [4.78, 5) is 11.6. The van der Waals surface area contributed by atoms with Crippen LogP contribution in [0.15, 0.2) is 65.6 Å². The quantitative estimate of drug-likeness (QED) is 0.545. The zero-order valence-corrected chi connectivity index (χ0v) is 14.7. The minimum atomic E-state index is -4.32. The van der Waals surface area contributed by atoms with Crippen molar-refractivity contribution < 1.29 is 27.2 Å². The van der Waals surface area contributed by atoms with Crippen molar-refractivity contribution >= 4 is 26.9 Å². The van der Waals surface area contributed by atoms with Gasteiger partial charge in [0.15, 0.2) is 0 Å². The van der Waals surface area contributed by atoms with Crippen molar-refractivity contribution in [2.24, 2.45) is 0 Å². The summed E-state index contributed by atoms with van der Waals surface area (Å²) in [5.74, 6) is -0.0246. The third kappa shape index (κ3) is 3.68. The standard InChI is InChI=1S/C19H16O6S/c1-24-19(20)16-7-3-2-5-14(16)12-25-18-8-4-6-13-9-10-15(11-17(13)18)26(21,22)23/h2-11H,12H2,1H3,(H,21,22,23). The zero-order valence-electron chi connectivity index (χ0n) is 13.9. The molecule has 0 spiro atoms. The van der Waals surface area contributed by atoms with E-state index in [-0.39, 0.29) is 11.5 Å². The van der Waals surface area contributed by atoms with Gasteiger partial charge in [-0.3, -0.25) is 4.55 Å². The first-order valence-electron chi connectivity index (χ1n) is 7.69. The Balaban J connectivity index is 1.96. The van der Waals surface area contributed by atoms with Crippen molar-refractivity contribution in [3.8, 4) is 5.75 Å². The second kappa shape index (κ2) is 7.15. The second-order valence-corrected chi connectivity index (χ2v) is 6.97. The molecule has 0 aliphatic heterocycles. The van der Waals surface area contributed by atoms with Crippen LogP contribution in [0.3, 0.4) is 0 Å². The van der Waals surface area contributed by atoms with Crippen LogP contribution in [0.5, 0.6) is 5.75 Å². The van der Waals surface area contributed by atoms with Crippen LogP contribution in [0.1, 0.15) is 15.9 Å². The van der Waals surface area contributed by atoms with Crippen molar-refractivity contribution in [3.05, 3.63) is 71.8 Å². The maximum atomic E-state index is 11.8. The number of rotatable bonds is 5. The number of esters is 1. The molecule has 0 aliphatic rings. The predicted octanol–water partition coefficient (Wildman–Crippen LogP) is 3.45. The maximum absolute atomic E-state index is 11.8. The Morgan fingerprint density at radius 2 is 1.81 bits per heavy atom. The minimum Gasteiger partial charge on any atom is -0.488 e. The second-order valence-electron chi connectivity index (χ2n) is 5.55. The molecule has 0 aliphatic carbocycles. The SMILES string of the molecule is COC(=O)c1ccccc1COc1cccc2ccc(S(=O)(=O)O)cc12. The van der Waals surface area contributed by atoms with E-state index in [4.69, 9.17) is 9.47 Å². The molecule has 134 valence electrons. The maximum Gasteiger partial charge on any atom is 0.338 e. The monoisotopic (exact) mass is 372 g/mol. The van der Waals surface area contributed by atoms with Crippen LogP contribution in [-0.4, -0.2) is 26.0 Å². The van der Waals surface area contributed by atoms with E-state index in [0.717, 1.165) is 5.39 Å². The van der Waals surface area contributed by atoms with E-state index in [9.17, 15) is 17.8 Å². The molecule has 0 atom stereocenters. The van der Waals surface area contributed by atoms with Crippen LogP contribution < -0.4 is 4.74 Å². The topological polar surface area (TPSA) is 89.9 Å². The molecule has 0 unspecified atom stereocenters. The molecule has 26 heavy (non-hydrogen) atoms. The van der Waals surface area contributed by atoms with Gasteiger partial charge < -0.3 is 9.47 Å². The lowest BCUT2D eigenvalue weighted by Gasteiger charge is -2.12. The molecule has 0 aromatic heterocycles. The first-order chi connectivity index (χ1) is 12.4. The zero-order chi connectivity index (χ0) is 18.7. The van der Waals surface area contributed by atoms with E-state index in [1.807, 2.05) is 0 Å². The van der Waals surface area contributed by atoms with Crippen LogP contribution in [0.2, 0.25) is 0 Å². The number of benzene rings is 3. The molecule has 7 heteroatoms. The fourth-order valence-electron chi connectivity index (χ4n) is 2.62. The molecule has 0 saturated heterocycles. The van der Waals surface area contributed by atoms with Gasteiger partial charge in [-0.25, -0.2) is 4.79 Å². The Morgan fingerprint density at radius 1 is 1.04 bits per heavy atom. The van der Waals surface area contributed by atoms with Gasteiger partial charge in [-0.2, -0.15) is 8.42 Å². The summed E-state index contributed by atoms with van der Waals surface area (Å²) in [6.07, 6.45) is 0. The number of hydrogen-bond acceptors (Lipinski definition) is 5. The molecule has 1 N–H and O–H groups in total. The Labute approximate surface area is 150 Å². The van der Waals surface area contributed by atoms with E-state index < -0.39 is 16.1 Å². The average Bonchev–Trinajstić information content (AvgIpc) is 2.64. The fraction of sp³-hybridized carbons (Fsp3) is 0.105. The minimum absolute atomic E-state index is 0.0977. The molecule has 0 radical (unpaired) electrons. The van der Waals surface area contributed by atoms with Gasteiger partial charge in [0.2, 0.25) is 0 Å². The summed E-state index contributed by atoms with van der Waals surface area (Å²) in [5.41, 5.74) is 1.04. The average molecular weight is 372 g/mol. The van der Waals surface area contributed by atoms with E-state index in [2.05, 4.69) is 0 Å². The molecule has 0 amide bonds. The summed E-state index contributed by atoms with van der Waals surface area (Å²) >= 11 is 0. The lowest BCUT2D eigenvalue weighted by molar-refractivity contribution is 0.0597. The number of hydrogen-bond donors (Lipinski definition) is 1. The fourth-order valence-corrected chi connectivity index (χ4v) is 3.13. The Hall–Kier alpha value is -2.90. The van der Waals surface area contributed by atoms with Gasteiger partial charge >= 0.3 is 5.97 Å². The molecule has 6 nitrogen and oxygen atoms in total. The van der Waals surface area contributed by atoms with Crippen LogP contribution >= 0.6 is 0 Å². The summed E-state index contributed by atoms with van der Waals surface area (Å²) < 4.78 is 42.6. The van der Waals surface area contributed by atoms with Crippen molar-refractivity contribution in [1.82, 2.24) is 0 Å². The Kier molecular flexibility index (Phi) is 4.92. The largest absolute Gasteiger partial charge is 0.488 e. The van der Waals surface area contributed by atoms with Crippen LogP contribution in [0.4, 0.5) is 0 Å². The highest BCUT2D eigenvalue weighted by Crippen LogP contribution is 2.29.